The maximum atomic E-state index is 12.7. The molecule has 2 fully saturated rings. The fourth-order valence-corrected chi connectivity index (χ4v) is 3.81. The molecule has 2 aliphatic rings. The Morgan fingerprint density at radius 2 is 2.12 bits per heavy atom. The predicted molar refractivity (Wildman–Crippen MR) is 87.0 cm³/mol. The first-order valence-corrected chi connectivity index (χ1v) is 8.23. The first-order chi connectivity index (χ1) is 11.9. The number of aromatic nitrogens is 3. The Kier molecular flexibility index (Phi) is 3.38. The molecule has 3 heterocycles. The van der Waals surface area contributed by atoms with Crippen molar-refractivity contribution in [3.05, 3.63) is 23.7 Å². The zero-order valence-electron chi connectivity index (χ0n) is 14.0. The van der Waals surface area contributed by atoms with Gasteiger partial charge in [-0.15, -0.1) is 0 Å². The zero-order valence-corrected chi connectivity index (χ0v) is 14.0. The molecule has 2 aromatic rings. The van der Waals surface area contributed by atoms with Crippen LogP contribution in [-0.2, 0) is 16.1 Å². The van der Waals surface area contributed by atoms with Crippen molar-refractivity contribution >= 4 is 28.6 Å². The maximum Gasteiger partial charge on any atom is 0.326 e. The second-order valence-electron chi connectivity index (χ2n) is 6.89. The molecule has 8 heteroatoms. The molecule has 3 atom stereocenters. The Labute approximate surface area is 143 Å². The van der Waals surface area contributed by atoms with Gasteiger partial charge in [0.15, 0.2) is 5.78 Å². The molecule has 0 aromatic carbocycles. The van der Waals surface area contributed by atoms with Crippen LogP contribution >= 0.6 is 0 Å². The first kappa shape index (κ1) is 15.7. The van der Waals surface area contributed by atoms with Crippen molar-refractivity contribution < 1.29 is 19.5 Å². The van der Waals surface area contributed by atoms with E-state index in [0.717, 1.165) is 12.1 Å². The van der Waals surface area contributed by atoms with Crippen LogP contribution in [-0.4, -0.2) is 55.0 Å². The Morgan fingerprint density at radius 1 is 1.36 bits per heavy atom. The average molecular weight is 342 g/mol. The van der Waals surface area contributed by atoms with Crippen LogP contribution in [0.4, 0.5) is 0 Å². The molecular weight excluding hydrogens is 324 g/mol. The second kappa shape index (κ2) is 5.37. The van der Waals surface area contributed by atoms with E-state index in [9.17, 15) is 19.5 Å². The molecule has 1 amide bonds. The molecule has 1 aliphatic carbocycles. The highest BCUT2D eigenvalue weighted by atomic mass is 16.4. The summed E-state index contributed by atoms with van der Waals surface area (Å²) in [6.07, 6.45) is 2.47. The highest BCUT2D eigenvalue weighted by Gasteiger charge is 2.57. The van der Waals surface area contributed by atoms with Gasteiger partial charge < -0.3 is 10.0 Å². The third-order valence-corrected chi connectivity index (χ3v) is 5.12. The monoisotopic (exact) mass is 342 g/mol. The molecule has 1 saturated heterocycles. The average Bonchev–Trinajstić information content (AvgIpc) is 3.05. The standard InChI is InChI=1S/C17H18N4O4/c1-8-3-12-13(5-18-8)21(19-15(12)9(2)22)7-14(23)20-6-10-4-11(10)16(20)17(24)25/h3,5,10-11,16H,4,6-7H2,1-2H3,(H,24,25)/t10-,11-,16-/m0/s1. The van der Waals surface area contributed by atoms with Gasteiger partial charge in [-0.25, -0.2) is 4.79 Å². The first-order valence-electron chi connectivity index (χ1n) is 8.23. The van der Waals surface area contributed by atoms with Gasteiger partial charge >= 0.3 is 5.97 Å². The van der Waals surface area contributed by atoms with Gasteiger partial charge in [-0.05, 0) is 31.2 Å². The summed E-state index contributed by atoms with van der Waals surface area (Å²) in [7, 11) is 0. The highest BCUT2D eigenvalue weighted by Crippen LogP contribution is 2.49. The lowest BCUT2D eigenvalue weighted by Crippen LogP contribution is -2.44. The van der Waals surface area contributed by atoms with E-state index in [1.54, 1.807) is 12.3 Å². The normalized spacial score (nSPS) is 24.4. The van der Waals surface area contributed by atoms with Gasteiger partial charge in [0.25, 0.3) is 0 Å². The number of hydrogen-bond donors (Lipinski definition) is 1. The minimum absolute atomic E-state index is 0.0768. The summed E-state index contributed by atoms with van der Waals surface area (Å²) in [5.41, 5.74) is 1.65. The SMILES string of the molecule is CC(=O)c1nn(CC(=O)N2C[C@@H]3C[C@@H]3[C@H]2C(=O)O)c2cnc(C)cc12. The van der Waals surface area contributed by atoms with Gasteiger partial charge in [0, 0.05) is 24.5 Å². The maximum absolute atomic E-state index is 12.7. The van der Waals surface area contributed by atoms with E-state index in [1.807, 2.05) is 6.92 Å². The summed E-state index contributed by atoms with van der Waals surface area (Å²) in [5, 5.41) is 14.3. The van der Waals surface area contributed by atoms with Gasteiger partial charge in [-0.1, -0.05) is 0 Å². The smallest absolute Gasteiger partial charge is 0.326 e. The van der Waals surface area contributed by atoms with Gasteiger partial charge in [0.05, 0.1) is 11.7 Å². The van der Waals surface area contributed by atoms with E-state index < -0.39 is 12.0 Å². The van der Waals surface area contributed by atoms with Crippen LogP contribution in [0.2, 0.25) is 0 Å². The number of aryl methyl sites for hydroxylation is 1. The number of piperidine rings is 1. The van der Waals surface area contributed by atoms with Crippen molar-refractivity contribution in [3.8, 4) is 0 Å². The number of amides is 1. The van der Waals surface area contributed by atoms with Crippen LogP contribution in [0.15, 0.2) is 12.3 Å². The molecule has 4 rings (SSSR count). The summed E-state index contributed by atoms with van der Waals surface area (Å²) in [6, 6.07) is 1.03. The zero-order chi connectivity index (χ0) is 17.9. The summed E-state index contributed by atoms with van der Waals surface area (Å²) in [6.45, 7) is 3.63. The van der Waals surface area contributed by atoms with Crippen LogP contribution < -0.4 is 0 Å². The number of pyridine rings is 1. The number of likely N-dealkylation sites (tertiary alicyclic amines) is 1. The summed E-state index contributed by atoms with van der Waals surface area (Å²) in [5.74, 6) is -1.05. The van der Waals surface area contributed by atoms with Gasteiger partial charge in [-0.2, -0.15) is 5.10 Å². The van der Waals surface area contributed by atoms with E-state index in [1.165, 1.54) is 16.5 Å². The summed E-state index contributed by atoms with van der Waals surface area (Å²) < 4.78 is 1.45. The fraction of sp³-hybridized carbons (Fsp3) is 0.471. The number of carboxylic acids is 1. The number of carbonyl (C=O) groups excluding carboxylic acids is 2. The number of carbonyl (C=O) groups is 3. The highest BCUT2D eigenvalue weighted by molar-refractivity contribution is 6.05. The van der Waals surface area contributed by atoms with Crippen LogP contribution in [0.1, 0.15) is 29.5 Å². The fourth-order valence-electron chi connectivity index (χ4n) is 3.81. The summed E-state index contributed by atoms with van der Waals surface area (Å²) in [4.78, 5) is 41.7. The number of ketones is 1. The topological polar surface area (TPSA) is 105 Å². The van der Waals surface area contributed by atoms with Crippen LogP contribution in [0.5, 0.6) is 0 Å². The largest absolute Gasteiger partial charge is 0.480 e. The Balaban J connectivity index is 1.66. The number of hydrogen-bond acceptors (Lipinski definition) is 5. The number of aliphatic carboxylic acids is 1. The molecule has 0 radical (unpaired) electrons. The van der Waals surface area contributed by atoms with Crippen molar-refractivity contribution in [2.75, 3.05) is 6.54 Å². The molecule has 1 aliphatic heterocycles. The minimum Gasteiger partial charge on any atom is -0.480 e. The minimum atomic E-state index is -0.953. The molecule has 1 saturated carbocycles. The van der Waals surface area contributed by atoms with Crippen LogP contribution in [0, 0.1) is 18.8 Å². The lowest BCUT2D eigenvalue weighted by molar-refractivity contribution is -0.149. The van der Waals surface area contributed by atoms with Gasteiger partial charge in [-0.3, -0.25) is 19.3 Å². The molecule has 1 N–H and O–H groups in total. The Hall–Kier alpha value is -2.77. The van der Waals surface area contributed by atoms with E-state index in [0.29, 0.717) is 29.1 Å². The Bertz CT molecular complexity index is 919. The molecule has 8 nitrogen and oxygen atoms in total. The van der Waals surface area contributed by atoms with Crippen molar-refractivity contribution in [2.45, 2.75) is 32.9 Å². The lowest BCUT2D eigenvalue weighted by Gasteiger charge is -2.24. The van der Waals surface area contributed by atoms with E-state index in [2.05, 4.69) is 10.1 Å². The second-order valence-corrected chi connectivity index (χ2v) is 6.89. The number of Topliss-reactive ketones (excluding diaryl/α,β-unsaturated/α-hetero) is 1. The number of fused-ring (bicyclic) bond motifs is 2. The molecule has 2 aromatic heterocycles. The third kappa shape index (κ3) is 2.48. The number of nitrogens with zero attached hydrogens (tertiary/aromatic N) is 4. The predicted octanol–water partition coefficient (Wildman–Crippen LogP) is 0.874. The van der Waals surface area contributed by atoms with Crippen molar-refractivity contribution in [2.24, 2.45) is 11.8 Å². The molecule has 25 heavy (non-hydrogen) atoms. The van der Waals surface area contributed by atoms with E-state index >= 15 is 0 Å². The Morgan fingerprint density at radius 3 is 2.80 bits per heavy atom. The molecule has 0 spiro atoms. The number of carboxylic acid groups (broad SMARTS) is 1. The van der Waals surface area contributed by atoms with Crippen LogP contribution in [0.25, 0.3) is 10.9 Å². The van der Waals surface area contributed by atoms with Crippen molar-refractivity contribution in [1.82, 2.24) is 19.7 Å². The molecule has 0 unspecified atom stereocenters. The van der Waals surface area contributed by atoms with E-state index in [4.69, 9.17) is 0 Å². The molecular formula is C17H18N4O4. The lowest BCUT2D eigenvalue weighted by atomic mass is 10.2. The summed E-state index contributed by atoms with van der Waals surface area (Å²) >= 11 is 0. The molecule has 130 valence electrons. The third-order valence-electron chi connectivity index (χ3n) is 5.12. The van der Waals surface area contributed by atoms with Gasteiger partial charge in [0.1, 0.15) is 18.3 Å². The number of rotatable bonds is 4. The molecule has 0 bridgehead atoms. The quantitative estimate of drug-likeness (QED) is 0.827. The van der Waals surface area contributed by atoms with Crippen LogP contribution in [0.3, 0.4) is 0 Å². The van der Waals surface area contributed by atoms with E-state index in [-0.39, 0.29) is 24.2 Å². The van der Waals surface area contributed by atoms with Crippen molar-refractivity contribution in [3.63, 3.8) is 0 Å². The van der Waals surface area contributed by atoms with Gasteiger partial charge in [0.2, 0.25) is 5.91 Å². The van der Waals surface area contributed by atoms with Crippen molar-refractivity contribution in [1.29, 1.82) is 0 Å².